The van der Waals surface area contributed by atoms with Gasteiger partial charge in [0.25, 0.3) is 11.6 Å². The second-order valence-corrected chi connectivity index (χ2v) is 5.04. The number of aromatic amines is 1. The van der Waals surface area contributed by atoms with E-state index in [-0.39, 0.29) is 16.3 Å². The summed E-state index contributed by atoms with van der Waals surface area (Å²) in [6.07, 6.45) is 0.565. The fraction of sp³-hybridized carbons (Fsp3) is 0.308. The molecule has 1 atom stereocenters. The fourth-order valence-electron chi connectivity index (χ4n) is 1.90. The second-order valence-electron chi connectivity index (χ2n) is 4.63. The number of aromatic nitrogens is 3. The molecule has 8 nitrogen and oxygen atoms in total. The summed E-state index contributed by atoms with van der Waals surface area (Å²) in [5, 5.41) is 20.4. The Morgan fingerprint density at radius 2 is 2.27 bits per heavy atom. The van der Waals surface area contributed by atoms with Crippen LogP contribution in [-0.2, 0) is 0 Å². The minimum atomic E-state index is -0.580. The van der Waals surface area contributed by atoms with Crippen LogP contribution >= 0.6 is 11.6 Å². The Labute approximate surface area is 131 Å². The van der Waals surface area contributed by atoms with Crippen LogP contribution in [0.1, 0.15) is 41.4 Å². The largest absolute Gasteiger partial charge is 0.342 e. The van der Waals surface area contributed by atoms with Gasteiger partial charge in [-0.25, -0.2) is 4.98 Å². The number of nitrogens with one attached hydrogen (secondary N) is 2. The third-order valence-corrected chi connectivity index (χ3v) is 3.37. The Morgan fingerprint density at radius 3 is 2.82 bits per heavy atom. The normalized spacial score (nSPS) is 12.0. The number of aryl methyl sites for hydroxylation is 1. The van der Waals surface area contributed by atoms with Crippen LogP contribution in [0.4, 0.5) is 5.69 Å². The molecule has 2 N–H and O–H groups in total. The summed E-state index contributed by atoms with van der Waals surface area (Å²) in [6.45, 7) is 3.62. The Hall–Kier alpha value is -2.48. The number of rotatable bonds is 5. The van der Waals surface area contributed by atoms with Gasteiger partial charge in [0.05, 0.1) is 21.6 Å². The molecular formula is C13H14ClN5O3. The maximum Gasteiger partial charge on any atom is 0.270 e. The molecule has 0 spiro atoms. The minimum absolute atomic E-state index is 0.0431. The molecule has 0 saturated heterocycles. The van der Waals surface area contributed by atoms with Crippen LogP contribution in [0.25, 0.3) is 0 Å². The van der Waals surface area contributed by atoms with Crippen LogP contribution in [0.15, 0.2) is 18.2 Å². The van der Waals surface area contributed by atoms with Gasteiger partial charge >= 0.3 is 0 Å². The van der Waals surface area contributed by atoms with Crippen LogP contribution < -0.4 is 5.32 Å². The molecule has 0 aliphatic carbocycles. The third kappa shape index (κ3) is 3.40. The van der Waals surface area contributed by atoms with E-state index < -0.39 is 16.9 Å². The van der Waals surface area contributed by atoms with E-state index in [1.165, 1.54) is 12.1 Å². The first kappa shape index (κ1) is 15.9. The highest BCUT2D eigenvalue weighted by Crippen LogP contribution is 2.23. The van der Waals surface area contributed by atoms with Gasteiger partial charge in [-0.05, 0) is 19.4 Å². The van der Waals surface area contributed by atoms with Crippen molar-refractivity contribution in [2.75, 3.05) is 0 Å². The van der Waals surface area contributed by atoms with Crippen molar-refractivity contribution in [3.63, 3.8) is 0 Å². The van der Waals surface area contributed by atoms with Gasteiger partial charge in [-0.3, -0.25) is 20.0 Å². The number of nitro benzene ring substituents is 1. The van der Waals surface area contributed by atoms with Crippen LogP contribution in [0, 0.1) is 17.0 Å². The number of hydrogen-bond acceptors (Lipinski definition) is 5. The number of amides is 1. The lowest BCUT2D eigenvalue weighted by Crippen LogP contribution is -2.29. The van der Waals surface area contributed by atoms with Crippen molar-refractivity contribution in [3.05, 3.63) is 50.5 Å². The number of nitro groups is 1. The van der Waals surface area contributed by atoms with E-state index in [0.717, 1.165) is 6.07 Å². The summed E-state index contributed by atoms with van der Waals surface area (Å²) in [7, 11) is 0. The lowest BCUT2D eigenvalue weighted by molar-refractivity contribution is -0.384. The zero-order valence-corrected chi connectivity index (χ0v) is 12.7. The van der Waals surface area contributed by atoms with Crippen LogP contribution in [-0.4, -0.2) is 26.0 Å². The zero-order chi connectivity index (χ0) is 16.3. The van der Waals surface area contributed by atoms with E-state index in [1.54, 1.807) is 6.92 Å². The standard InChI is InChI=1S/C13H14ClN5O3/c1-3-11(12-15-7(2)17-18-12)16-13(20)9-6-8(19(21)22)4-5-10(9)14/h4-6,11H,3H2,1-2H3,(H,16,20)(H,15,17,18). The van der Waals surface area contributed by atoms with Crippen molar-refractivity contribution in [1.82, 2.24) is 20.5 Å². The molecule has 9 heteroatoms. The van der Waals surface area contributed by atoms with Crippen LogP contribution in [0.2, 0.25) is 5.02 Å². The number of nitrogens with zero attached hydrogens (tertiary/aromatic N) is 3. The van der Waals surface area contributed by atoms with E-state index in [4.69, 9.17) is 11.6 Å². The monoisotopic (exact) mass is 323 g/mol. The average Bonchev–Trinajstić information content (AvgIpc) is 2.91. The molecule has 1 heterocycles. The molecule has 2 aromatic rings. The fourth-order valence-corrected chi connectivity index (χ4v) is 2.11. The molecular weight excluding hydrogens is 310 g/mol. The van der Waals surface area contributed by atoms with Gasteiger partial charge in [0.15, 0.2) is 5.82 Å². The molecule has 0 bridgehead atoms. The molecule has 22 heavy (non-hydrogen) atoms. The molecule has 1 unspecified atom stereocenters. The molecule has 0 radical (unpaired) electrons. The van der Waals surface area contributed by atoms with Gasteiger partial charge in [-0.2, -0.15) is 5.10 Å². The minimum Gasteiger partial charge on any atom is -0.342 e. The van der Waals surface area contributed by atoms with Gasteiger partial charge in [-0.15, -0.1) is 0 Å². The predicted octanol–water partition coefficient (Wildman–Crippen LogP) is 2.56. The Morgan fingerprint density at radius 1 is 1.55 bits per heavy atom. The molecule has 0 aliphatic heterocycles. The van der Waals surface area contributed by atoms with E-state index >= 15 is 0 Å². The first-order valence-corrected chi connectivity index (χ1v) is 6.93. The van der Waals surface area contributed by atoms with E-state index in [9.17, 15) is 14.9 Å². The van der Waals surface area contributed by atoms with Crippen molar-refractivity contribution in [2.24, 2.45) is 0 Å². The van der Waals surface area contributed by atoms with Crippen molar-refractivity contribution in [3.8, 4) is 0 Å². The number of carbonyl (C=O) groups excluding carboxylic acids is 1. The summed E-state index contributed by atoms with van der Waals surface area (Å²) < 4.78 is 0. The first-order valence-electron chi connectivity index (χ1n) is 6.56. The zero-order valence-electron chi connectivity index (χ0n) is 12.0. The lowest BCUT2D eigenvalue weighted by Gasteiger charge is -2.14. The predicted molar refractivity (Wildman–Crippen MR) is 79.7 cm³/mol. The molecule has 1 aromatic carbocycles. The molecule has 116 valence electrons. The molecule has 0 fully saturated rings. The second kappa shape index (κ2) is 6.52. The highest BCUT2D eigenvalue weighted by atomic mass is 35.5. The maximum atomic E-state index is 12.3. The number of hydrogen-bond donors (Lipinski definition) is 2. The number of carbonyl (C=O) groups is 1. The van der Waals surface area contributed by atoms with Crippen LogP contribution in [0.3, 0.4) is 0 Å². The summed E-state index contributed by atoms with van der Waals surface area (Å²) in [5.74, 6) is 0.578. The summed E-state index contributed by atoms with van der Waals surface area (Å²) >= 11 is 5.95. The SMILES string of the molecule is CCC(NC(=O)c1cc([N+](=O)[O-])ccc1Cl)c1n[nH]c(C)n1. The van der Waals surface area contributed by atoms with Gasteiger partial charge in [0.1, 0.15) is 5.82 Å². The van der Waals surface area contributed by atoms with E-state index in [0.29, 0.717) is 18.1 Å². The number of non-ortho nitro benzene ring substituents is 1. The average molecular weight is 324 g/mol. The summed E-state index contributed by atoms with van der Waals surface area (Å²) in [4.78, 5) is 26.7. The van der Waals surface area contributed by atoms with Crippen molar-refractivity contribution in [2.45, 2.75) is 26.3 Å². The molecule has 2 rings (SSSR count). The van der Waals surface area contributed by atoms with Gasteiger partial charge in [0, 0.05) is 12.1 Å². The van der Waals surface area contributed by atoms with E-state index in [2.05, 4.69) is 20.5 Å². The highest BCUT2D eigenvalue weighted by molar-refractivity contribution is 6.33. The molecule has 1 amide bonds. The number of halogens is 1. The smallest absolute Gasteiger partial charge is 0.270 e. The molecule has 0 saturated carbocycles. The van der Waals surface area contributed by atoms with Crippen molar-refractivity contribution in [1.29, 1.82) is 0 Å². The van der Waals surface area contributed by atoms with Gasteiger partial charge in [-0.1, -0.05) is 18.5 Å². The highest BCUT2D eigenvalue weighted by Gasteiger charge is 2.21. The maximum absolute atomic E-state index is 12.3. The Balaban J connectivity index is 2.24. The first-order chi connectivity index (χ1) is 10.4. The number of benzene rings is 1. The third-order valence-electron chi connectivity index (χ3n) is 3.05. The summed E-state index contributed by atoms with van der Waals surface area (Å²) in [6, 6.07) is 3.31. The van der Waals surface area contributed by atoms with Crippen molar-refractivity contribution >= 4 is 23.2 Å². The van der Waals surface area contributed by atoms with Crippen molar-refractivity contribution < 1.29 is 9.72 Å². The van der Waals surface area contributed by atoms with Gasteiger partial charge < -0.3 is 5.32 Å². The molecule has 1 aromatic heterocycles. The van der Waals surface area contributed by atoms with Crippen LogP contribution in [0.5, 0.6) is 0 Å². The quantitative estimate of drug-likeness (QED) is 0.648. The lowest BCUT2D eigenvalue weighted by atomic mass is 10.1. The Kier molecular flexibility index (Phi) is 4.71. The summed E-state index contributed by atoms with van der Waals surface area (Å²) in [5.41, 5.74) is -0.155. The topological polar surface area (TPSA) is 114 Å². The van der Waals surface area contributed by atoms with E-state index in [1.807, 2.05) is 6.92 Å². The number of H-pyrrole nitrogens is 1. The Bertz CT molecular complexity index is 715. The molecule has 0 aliphatic rings. The van der Waals surface area contributed by atoms with Gasteiger partial charge in [0.2, 0.25) is 0 Å².